The molecule has 3 fully saturated rings. The molecule has 0 bridgehead atoms. The van der Waals surface area contributed by atoms with Crippen LogP contribution < -0.4 is 0 Å². The molecule has 2 saturated carbocycles. The van der Waals surface area contributed by atoms with Gasteiger partial charge < -0.3 is 9.84 Å². The first-order valence-corrected chi connectivity index (χ1v) is 8.88. The molecule has 1 N–H and O–H groups in total. The number of hydrogen-bond donors (Lipinski definition) is 1. The summed E-state index contributed by atoms with van der Waals surface area (Å²) in [5.41, 5.74) is -0.286. The van der Waals surface area contributed by atoms with Crippen molar-refractivity contribution in [2.45, 2.75) is 89.3 Å². The van der Waals surface area contributed by atoms with Crippen LogP contribution in [0.3, 0.4) is 0 Å². The Morgan fingerprint density at radius 2 is 1.60 bits per heavy atom. The predicted octanol–water partition coefficient (Wildman–Crippen LogP) is 4.30. The second-order valence-electron chi connectivity index (χ2n) is 8.24. The van der Waals surface area contributed by atoms with Crippen molar-refractivity contribution in [1.29, 1.82) is 0 Å². The van der Waals surface area contributed by atoms with E-state index in [-0.39, 0.29) is 5.60 Å². The molecule has 2 nitrogen and oxygen atoms in total. The molecule has 1 aliphatic heterocycles. The first-order valence-electron chi connectivity index (χ1n) is 8.88. The van der Waals surface area contributed by atoms with Crippen molar-refractivity contribution in [1.82, 2.24) is 0 Å². The SMILES string of the molecule is CC1CC(C)CC(O)(C2CCOC3(CCCCC3)C2)C1. The van der Waals surface area contributed by atoms with E-state index in [1.807, 2.05) is 0 Å². The third kappa shape index (κ3) is 2.92. The summed E-state index contributed by atoms with van der Waals surface area (Å²) in [5.74, 6) is 1.82. The predicted molar refractivity (Wildman–Crippen MR) is 81.6 cm³/mol. The van der Waals surface area contributed by atoms with E-state index in [4.69, 9.17) is 4.74 Å². The van der Waals surface area contributed by atoms with Gasteiger partial charge in [0.05, 0.1) is 11.2 Å². The largest absolute Gasteiger partial charge is 0.390 e. The average molecular weight is 280 g/mol. The van der Waals surface area contributed by atoms with E-state index >= 15 is 0 Å². The fraction of sp³-hybridized carbons (Fsp3) is 1.00. The summed E-state index contributed by atoms with van der Waals surface area (Å²) in [4.78, 5) is 0. The van der Waals surface area contributed by atoms with Crippen molar-refractivity contribution >= 4 is 0 Å². The molecule has 1 saturated heterocycles. The molecule has 20 heavy (non-hydrogen) atoms. The molecule has 3 unspecified atom stereocenters. The van der Waals surface area contributed by atoms with E-state index in [0.717, 1.165) is 32.3 Å². The van der Waals surface area contributed by atoms with Crippen molar-refractivity contribution in [3.05, 3.63) is 0 Å². The summed E-state index contributed by atoms with van der Waals surface area (Å²) in [5, 5.41) is 11.3. The van der Waals surface area contributed by atoms with Crippen molar-refractivity contribution in [2.75, 3.05) is 6.61 Å². The zero-order valence-corrected chi connectivity index (χ0v) is 13.4. The van der Waals surface area contributed by atoms with Crippen molar-refractivity contribution in [3.63, 3.8) is 0 Å². The molecular weight excluding hydrogens is 248 g/mol. The lowest BCUT2D eigenvalue weighted by Gasteiger charge is -2.51. The number of hydrogen-bond acceptors (Lipinski definition) is 2. The molecule has 2 aliphatic carbocycles. The summed E-state index contributed by atoms with van der Waals surface area (Å²) in [7, 11) is 0. The van der Waals surface area contributed by atoms with Gasteiger partial charge in [-0.1, -0.05) is 33.1 Å². The molecule has 3 aliphatic rings. The molecule has 0 aromatic rings. The molecule has 1 spiro atoms. The second-order valence-corrected chi connectivity index (χ2v) is 8.24. The maximum atomic E-state index is 11.3. The van der Waals surface area contributed by atoms with Crippen LogP contribution in [0.15, 0.2) is 0 Å². The minimum Gasteiger partial charge on any atom is -0.390 e. The van der Waals surface area contributed by atoms with Crippen LogP contribution in [0.2, 0.25) is 0 Å². The topological polar surface area (TPSA) is 29.5 Å². The number of aliphatic hydroxyl groups is 1. The Labute approximate surface area is 124 Å². The van der Waals surface area contributed by atoms with Gasteiger partial charge in [-0.05, 0) is 62.7 Å². The molecule has 0 radical (unpaired) electrons. The van der Waals surface area contributed by atoms with Crippen molar-refractivity contribution in [2.24, 2.45) is 17.8 Å². The summed E-state index contributed by atoms with van der Waals surface area (Å²) < 4.78 is 6.22. The molecule has 0 aromatic carbocycles. The summed E-state index contributed by atoms with van der Waals surface area (Å²) in [6.45, 7) is 5.50. The van der Waals surface area contributed by atoms with Gasteiger partial charge in [-0.2, -0.15) is 0 Å². The third-order valence-electron chi connectivity index (χ3n) is 6.23. The van der Waals surface area contributed by atoms with Gasteiger partial charge in [-0.25, -0.2) is 0 Å². The van der Waals surface area contributed by atoms with Crippen LogP contribution >= 0.6 is 0 Å². The van der Waals surface area contributed by atoms with Crippen molar-refractivity contribution in [3.8, 4) is 0 Å². The summed E-state index contributed by atoms with van der Waals surface area (Å²) in [6.07, 6.45) is 12.0. The molecular formula is C18H32O2. The molecule has 2 heteroatoms. The molecule has 1 heterocycles. The number of ether oxygens (including phenoxy) is 1. The average Bonchev–Trinajstić information content (AvgIpc) is 2.38. The highest BCUT2D eigenvalue weighted by atomic mass is 16.5. The highest BCUT2D eigenvalue weighted by molar-refractivity contribution is 4.99. The van der Waals surface area contributed by atoms with Crippen LogP contribution in [0.25, 0.3) is 0 Å². The highest BCUT2D eigenvalue weighted by Gasteiger charge is 2.48. The third-order valence-corrected chi connectivity index (χ3v) is 6.23. The van der Waals surface area contributed by atoms with Gasteiger partial charge in [-0.3, -0.25) is 0 Å². The quantitative estimate of drug-likeness (QED) is 0.776. The first kappa shape index (κ1) is 14.8. The van der Waals surface area contributed by atoms with Gasteiger partial charge in [-0.15, -0.1) is 0 Å². The molecule has 0 amide bonds. The van der Waals surface area contributed by atoms with Gasteiger partial charge >= 0.3 is 0 Å². The Morgan fingerprint density at radius 3 is 2.25 bits per heavy atom. The van der Waals surface area contributed by atoms with Gasteiger partial charge in [0.15, 0.2) is 0 Å². The molecule has 3 atom stereocenters. The fourth-order valence-corrected chi connectivity index (χ4v) is 5.51. The Kier molecular flexibility index (Phi) is 4.16. The summed E-state index contributed by atoms with van der Waals surface area (Å²) in [6, 6.07) is 0. The van der Waals surface area contributed by atoms with Crippen LogP contribution in [-0.2, 0) is 4.74 Å². The minimum atomic E-state index is -0.411. The van der Waals surface area contributed by atoms with Crippen LogP contribution in [0.5, 0.6) is 0 Å². The first-order chi connectivity index (χ1) is 9.51. The molecule has 3 rings (SSSR count). The molecule has 116 valence electrons. The maximum absolute atomic E-state index is 11.3. The van der Waals surface area contributed by atoms with Gasteiger partial charge in [0, 0.05) is 6.61 Å². The normalized spacial score (nSPS) is 45.5. The van der Waals surface area contributed by atoms with Gasteiger partial charge in [0.25, 0.3) is 0 Å². The lowest BCUT2D eigenvalue weighted by Crippen LogP contribution is -2.52. The van der Waals surface area contributed by atoms with E-state index < -0.39 is 5.60 Å². The van der Waals surface area contributed by atoms with Crippen molar-refractivity contribution < 1.29 is 9.84 Å². The second kappa shape index (κ2) is 5.61. The zero-order valence-electron chi connectivity index (χ0n) is 13.4. The van der Waals surface area contributed by atoms with E-state index in [1.165, 1.54) is 38.5 Å². The van der Waals surface area contributed by atoms with Gasteiger partial charge in [0.2, 0.25) is 0 Å². The van der Waals surface area contributed by atoms with Crippen LogP contribution in [-0.4, -0.2) is 22.9 Å². The Morgan fingerprint density at radius 1 is 0.950 bits per heavy atom. The van der Waals surface area contributed by atoms with E-state index in [9.17, 15) is 5.11 Å². The van der Waals surface area contributed by atoms with Gasteiger partial charge in [0.1, 0.15) is 0 Å². The molecule has 0 aromatic heterocycles. The number of rotatable bonds is 1. The zero-order chi connectivity index (χ0) is 14.2. The fourth-order valence-electron chi connectivity index (χ4n) is 5.51. The van der Waals surface area contributed by atoms with E-state index in [1.54, 1.807) is 0 Å². The van der Waals surface area contributed by atoms with Crippen LogP contribution in [0.1, 0.15) is 78.1 Å². The highest BCUT2D eigenvalue weighted by Crippen LogP contribution is 2.49. The van der Waals surface area contributed by atoms with Crippen LogP contribution in [0, 0.1) is 17.8 Å². The Bertz CT molecular complexity index is 317. The smallest absolute Gasteiger partial charge is 0.0686 e. The maximum Gasteiger partial charge on any atom is 0.0686 e. The lowest BCUT2D eigenvalue weighted by molar-refractivity contribution is -0.170. The lowest BCUT2D eigenvalue weighted by atomic mass is 9.63. The van der Waals surface area contributed by atoms with E-state index in [0.29, 0.717) is 17.8 Å². The standard InChI is InChI=1S/C18H32O2/c1-14-10-15(2)12-18(19,11-14)16-6-9-20-17(13-16)7-4-3-5-8-17/h14-16,19H,3-13H2,1-2H3. The minimum absolute atomic E-state index is 0.126. The Balaban J connectivity index is 1.72. The Hall–Kier alpha value is -0.0800. The summed E-state index contributed by atoms with van der Waals surface area (Å²) >= 11 is 0. The van der Waals surface area contributed by atoms with E-state index in [2.05, 4.69) is 13.8 Å². The monoisotopic (exact) mass is 280 g/mol. The van der Waals surface area contributed by atoms with Crippen LogP contribution in [0.4, 0.5) is 0 Å².